The van der Waals surface area contributed by atoms with E-state index in [0.29, 0.717) is 28.3 Å². The third kappa shape index (κ3) is 6.67. The summed E-state index contributed by atoms with van der Waals surface area (Å²) in [5.74, 6) is 0.396. The first-order valence-corrected chi connectivity index (χ1v) is 17.0. The molecule has 2 aliphatic heterocycles. The van der Waals surface area contributed by atoms with Gasteiger partial charge in [0, 0.05) is 74.0 Å². The second-order valence-electron chi connectivity index (χ2n) is 14.4. The molecule has 3 N–H and O–H groups in total. The van der Waals surface area contributed by atoms with Gasteiger partial charge in [0.15, 0.2) is 0 Å². The summed E-state index contributed by atoms with van der Waals surface area (Å²) in [6.45, 7) is 12.7. The number of primary amides is 1. The number of nitrogens with two attached hydrogens (primary N) is 1. The lowest BCUT2D eigenvalue weighted by molar-refractivity contribution is -0.162. The number of nitriles is 1. The van der Waals surface area contributed by atoms with Crippen molar-refractivity contribution in [1.82, 2.24) is 15.2 Å². The second-order valence-corrected chi connectivity index (χ2v) is 14.8. The summed E-state index contributed by atoms with van der Waals surface area (Å²) < 4.78 is 6.56. The molecule has 1 saturated carbocycles. The Morgan fingerprint density at radius 3 is 2.33 bits per heavy atom. The van der Waals surface area contributed by atoms with Gasteiger partial charge < -0.3 is 20.3 Å². The van der Waals surface area contributed by atoms with Gasteiger partial charge in [0.05, 0.1) is 16.1 Å². The summed E-state index contributed by atoms with van der Waals surface area (Å²) in [5.41, 5.74) is 7.41. The summed E-state index contributed by atoms with van der Waals surface area (Å²) in [6, 6.07) is 18.5. The molecule has 2 aromatic carbocycles. The minimum Gasteiger partial charge on any atom is -0.489 e. The van der Waals surface area contributed by atoms with Crippen LogP contribution >= 0.6 is 11.6 Å². The number of carbonyl (C=O) groups is 3. The summed E-state index contributed by atoms with van der Waals surface area (Å²) in [6.07, 6.45) is 2.00. The first-order chi connectivity index (χ1) is 23.3. The molecule has 0 radical (unpaired) electrons. The van der Waals surface area contributed by atoms with Crippen molar-refractivity contribution < 1.29 is 19.1 Å². The largest absolute Gasteiger partial charge is 0.489 e. The number of halogens is 1. The molecule has 11 nitrogen and oxygen atoms in total. The van der Waals surface area contributed by atoms with E-state index in [1.54, 1.807) is 24.3 Å². The zero-order valence-electron chi connectivity index (χ0n) is 28.3. The number of ether oxygens (including phenoxy) is 1. The highest BCUT2D eigenvalue weighted by atomic mass is 35.5. The highest BCUT2D eigenvalue weighted by molar-refractivity contribution is 6.31. The van der Waals surface area contributed by atoms with Gasteiger partial charge in [0.25, 0.3) is 0 Å². The van der Waals surface area contributed by atoms with Crippen molar-refractivity contribution >= 4 is 40.8 Å². The minimum atomic E-state index is -0.517. The molecular weight excluding hydrogens is 642 g/mol. The SMILES string of the molecule is CC1(C)C(Oc2ccc(C#N)c(Cl)c2)C(C)(C)C1N(c1ccc(CN2CCN(c3ccc(C(N)=O)cn3)CC2)cc1)C1CCC(=O)NC1=O. The van der Waals surface area contributed by atoms with Crippen molar-refractivity contribution in [3.8, 4) is 11.8 Å². The fourth-order valence-corrected chi connectivity index (χ4v) is 8.48. The third-order valence-electron chi connectivity index (χ3n) is 10.3. The summed E-state index contributed by atoms with van der Waals surface area (Å²) >= 11 is 6.32. The van der Waals surface area contributed by atoms with E-state index in [4.69, 9.17) is 22.1 Å². The Kier molecular flexibility index (Phi) is 9.31. The molecular formula is C37H42ClN7O4. The summed E-state index contributed by atoms with van der Waals surface area (Å²) in [4.78, 5) is 48.2. The van der Waals surface area contributed by atoms with Gasteiger partial charge in [-0.15, -0.1) is 0 Å². The molecule has 49 heavy (non-hydrogen) atoms. The predicted molar refractivity (Wildman–Crippen MR) is 187 cm³/mol. The number of hydrogen-bond acceptors (Lipinski definition) is 9. The lowest BCUT2D eigenvalue weighted by Crippen LogP contribution is -2.77. The van der Waals surface area contributed by atoms with Crippen LogP contribution in [-0.4, -0.2) is 72.0 Å². The van der Waals surface area contributed by atoms with Crippen molar-refractivity contribution in [3.63, 3.8) is 0 Å². The highest BCUT2D eigenvalue weighted by Crippen LogP contribution is 2.59. The van der Waals surface area contributed by atoms with Crippen LogP contribution in [0.5, 0.6) is 5.75 Å². The Bertz CT molecular complexity index is 1760. The fraction of sp³-hybridized carbons (Fsp3) is 0.432. The molecule has 3 aliphatic rings. The smallest absolute Gasteiger partial charge is 0.250 e. The minimum absolute atomic E-state index is 0.104. The Hall–Kier alpha value is -4.66. The average Bonchev–Trinajstić information content (AvgIpc) is 3.07. The van der Waals surface area contributed by atoms with Crippen molar-refractivity contribution in [1.29, 1.82) is 5.26 Å². The number of imide groups is 1. The standard InChI is InChI=1S/C37H42ClN7O4/c1-36(2)34(37(3,4)35(36)49-27-11-7-24(20-39)28(38)19-27)45(29-12-14-31(46)42-33(29)48)26-9-5-23(6-10-26)22-43-15-17-44(18-16-43)30-13-8-25(21-41-30)32(40)47/h5-11,13,19,21,29,34-35H,12,14-18,22H2,1-4H3,(H2,40,47)(H,42,46,48). The average molecular weight is 684 g/mol. The molecule has 1 unspecified atom stereocenters. The van der Waals surface area contributed by atoms with E-state index in [2.05, 4.69) is 83.0 Å². The van der Waals surface area contributed by atoms with Crippen LogP contribution in [0.25, 0.3) is 0 Å². The van der Waals surface area contributed by atoms with Crippen LogP contribution in [0.1, 0.15) is 62.0 Å². The number of nitrogens with zero attached hydrogens (tertiary/aromatic N) is 5. The first kappa shape index (κ1) is 34.2. The van der Waals surface area contributed by atoms with E-state index in [1.807, 2.05) is 6.07 Å². The van der Waals surface area contributed by atoms with Crippen molar-refractivity contribution in [3.05, 3.63) is 82.5 Å². The van der Waals surface area contributed by atoms with E-state index in [9.17, 15) is 19.6 Å². The monoisotopic (exact) mass is 683 g/mol. The van der Waals surface area contributed by atoms with Crippen molar-refractivity contribution in [2.45, 2.75) is 65.3 Å². The van der Waals surface area contributed by atoms with Crippen LogP contribution in [-0.2, 0) is 16.1 Å². The Morgan fingerprint density at radius 1 is 1.06 bits per heavy atom. The normalized spacial score (nSPS) is 23.2. The number of nitrogens with one attached hydrogen (secondary N) is 1. The quantitative estimate of drug-likeness (QED) is 0.311. The number of amides is 3. The van der Waals surface area contributed by atoms with Gasteiger partial charge in [-0.2, -0.15) is 5.26 Å². The van der Waals surface area contributed by atoms with Gasteiger partial charge in [0.2, 0.25) is 17.7 Å². The van der Waals surface area contributed by atoms with Crippen LogP contribution in [0, 0.1) is 22.2 Å². The van der Waals surface area contributed by atoms with E-state index >= 15 is 0 Å². The molecule has 0 spiro atoms. The maximum Gasteiger partial charge on any atom is 0.250 e. The lowest BCUT2D eigenvalue weighted by Gasteiger charge is -2.67. The van der Waals surface area contributed by atoms with Crippen LogP contribution in [0.3, 0.4) is 0 Å². The maximum absolute atomic E-state index is 13.4. The summed E-state index contributed by atoms with van der Waals surface area (Å²) in [7, 11) is 0. The number of benzene rings is 2. The Morgan fingerprint density at radius 2 is 1.76 bits per heavy atom. The Balaban J connectivity index is 1.18. The fourth-order valence-electron chi connectivity index (χ4n) is 8.27. The molecule has 0 bridgehead atoms. The predicted octanol–water partition coefficient (Wildman–Crippen LogP) is 4.52. The van der Waals surface area contributed by atoms with E-state index in [1.165, 1.54) is 6.20 Å². The van der Waals surface area contributed by atoms with E-state index < -0.39 is 22.8 Å². The van der Waals surface area contributed by atoms with Crippen LogP contribution in [0.2, 0.25) is 5.02 Å². The molecule has 12 heteroatoms. The molecule has 3 fully saturated rings. The van der Waals surface area contributed by atoms with Crippen LogP contribution < -0.4 is 25.6 Å². The van der Waals surface area contributed by atoms with Crippen LogP contribution in [0.15, 0.2) is 60.8 Å². The number of piperidine rings is 1. The number of rotatable bonds is 9. The van der Waals surface area contributed by atoms with E-state index in [-0.39, 0.29) is 30.4 Å². The topological polar surface area (TPSA) is 145 Å². The molecule has 1 atom stereocenters. The lowest BCUT2D eigenvalue weighted by atomic mass is 9.48. The molecule has 1 aromatic heterocycles. The number of piperazine rings is 1. The molecule has 3 aromatic rings. The number of hydrogen-bond donors (Lipinski definition) is 2. The number of anilines is 2. The third-order valence-corrected chi connectivity index (χ3v) is 10.6. The van der Waals surface area contributed by atoms with E-state index in [0.717, 1.165) is 49.8 Å². The number of pyridine rings is 1. The molecule has 256 valence electrons. The highest BCUT2D eigenvalue weighted by Gasteiger charge is 2.66. The molecule has 1 aliphatic carbocycles. The zero-order valence-corrected chi connectivity index (χ0v) is 29.0. The van der Waals surface area contributed by atoms with Crippen molar-refractivity contribution in [2.24, 2.45) is 16.6 Å². The van der Waals surface area contributed by atoms with Crippen LogP contribution in [0.4, 0.5) is 11.5 Å². The molecule has 3 amide bonds. The number of carbonyl (C=O) groups excluding carboxylic acids is 3. The Labute approximate surface area is 292 Å². The molecule has 3 heterocycles. The molecule has 6 rings (SSSR count). The number of aromatic nitrogens is 1. The zero-order chi connectivity index (χ0) is 35.1. The molecule has 2 saturated heterocycles. The van der Waals surface area contributed by atoms with Gasteiger partial charge >= 0.3 is 0 Å². The first-order valence-electron chi connectivity index (χ1n) is 16.6. The van der Waals surface area contributed by atoms with Gasteiger partial charge in [-0.25, -0.2) is 4.98 Å². The van der Waals surface area contributed by atoms with Gasteiger partial charge in [0.1, 0.15) is 29.8 Å². The maximum atomic E-state index is 13.4. The second kappa shape index (κ2) is 13.3. The van der Waals surface area contributed by atoms with Crippen molar-refractivity contribution in [2.75, 3.05) is 36.0 Å². The summed E-state index contributed by atoms with van der Waals surface area (Å²) in [5, 5.41) is 12.2. The van der Waals surface area contributed by atoms with Gasteiger partial charge in [-0.3, -0.25) is 24.6 Å². The van der Waals surface area contributed by atoms with Gasteiger partial charge in [-0.05, 0) is 48.4 Å². The van der Waals surface area contributed by atoms with Gasteiger partial charge in [-0.1, -0.05) is 51.4 Å².